The van der Waals surface area contributed by atoms with E-state index in [2.05, 4.69) is 36.7 Å². The third kappa shape index (κ3) is 12.8. The Morgan fingerprint density at radius 2 is 1.21 bits per heavy atom. The number of hydrogen-bond acceptors (Lipinski definition) is 15. The highest BCUT2D eigenvalue weighted by molar-refractivity contribution is 6.07. The van der Waals surface area contributed by atoms with Crippen molar-refractivity contribution in [1.82, 2.24) is 9.80 Å². The molecule has 0 spiro atoms. The molecule has 0 radical (unpaired) electrons. The molecule has 3 aliphatic rings. The minimum atomic E-state index is -0.992. The van der Waals surface area contributed by atoms with Crippen LogP contribution in [0.2, 0.25) is 0 Å². The van der Waals surface area contributed by atoms with Gasteiger partial charge in [0.15, 0.2) is 0 Å². The first-order valence-corrected chi connectivity index (χ1v) is 21.9. The molecule has 0 aromatic heterocycles. The van der Waals surface area contributed by atoms with Gasteiger partial charge in [0.2, 0.25) is 0 Å². The van der Waals surface area contributed by atoms with Gasteiger partial charge >= 0.3 is 11.9 Å². The number of allylic oxidation sites excluding steroid dienone is 1. The minimum Gasteiger partial charge on any atom is -0.495 e. The van der Waals surface area contributed by atoms with Crippen molar-refractivity contribution in [3.63, 3.8) is 0 Å². The fourth-order valence-corrected chi connectivity index (χ4v) is 8.42. The minimum absolute atomic E-state index is 0.0891. The summed E-state index contributed by atoms with van der Waals surface area (Å²) in [5.41, 5.74) is 3.48. The number of hydrogen-bond donors (Lipinski definition) is 0. The predicted molar refractivity (Wildman–Crippen MR) is 241 cm³/mol. The van der Waals surface area contributed by atoms with Crippen LogP contribution < -0.4 is 19.3 Å². The molecule has 2 unspecified atom stereocenters. The Hall–Kier alpha value is -5.55. The lowest BCUT2D eigenvalue weighted by atomic mass is 9.75. The first-order valence-electron chi connectivity index (χ1n) is 21.9. The highest BCUT2D eigenvalue weighted by atomic mass is 16.6. The number of rotatable bonds is 22. The van der Waals surface area contributed by atoms with Gasteiger partial charge in [0.1, 0.15) is 17.4 Å². The molecule has 0 amide bonds. The van der Waals surface area contributed by atoms with E-state index < -0.39 is 28.7 Å². The number of ether oxygens (including phenoxy) is 6. The number of carbonyl (C=O) groups excluding carboxylic acids is 2. The highest BCUT2D eigenvalue weighted by Crippen LogP contribution is 2.41. The summed E-state index contributed by atoms with van der Waals surface area (Å²) < 4.78 is 34.4. The first kappa shape index (κ1) is 46.9. The zero-order valence-corrected chi connectivity index (χ0v) is 37.1. The van der Waals surface area contributed by atoms with Gasteiger partial charge < -0.3 is 38.2 Å². The van der Waals surface area contributed by atoms with Crippen molar-refractivity contribution in [1.29, 1.82) is 0 Å². The average Bonchev–Trinajstić information content (AvgIpc) is 3.30. The molecule has 0 aliphatic carbocycles. The molecule has 2 saturated heterocycles. The van der Waals surface area contributed by atoms with Gasteiger partial charge in [0.25, 0.3) is 5.69 Å². The number of benzene rings is 3. The van der Waals surface area contributed by atoms with Gasteiger partial charge in [-0.2, -0.15) is 0 Å². The van der Waals surface area contributed by atoms with Crippen molar-refractivity contribution in [3.8, 4) is 11.5 Å². The SMILES string of the molecule is COc1ccccc1N1CCN(CCOCCCOC(=O)C2=C(C)N=C(C)C(C(=O)OCCCOCCN3CCN(c4ccccc4OC)CC3)C2c2cccc([N+](=O)[O-])c2)CC1. The molecule has 2 atom stereocenters. The van der Waals surface area contributed by atoms with Crippen molar-refractivity contribution in [2.75, 3.05) is 129 Å². The number of nitrogens with zero attached hydrogens (tertiary/aromatic N) is 6. The topological polar surface area (TPSA) is 158 Å². The van der Waals surface area contributed by atoms with Gasteiger partial charge in [-0.3, -0.25) is 29.7 Å². The largest absolute Gasteiger partial charge is 0.495 e. The number of nitro groups is 1. The first-order chi connectivity index (χ1) is 30.7. The Morgan fingerprint density at radius 3 is 1.73 bits per heavy atom. The lowest BCUT2D eigenvalue weighted by molar-refractivity contribution is -0.384. The maximum absolute atomic E-state index is 13.8. The number of methoxy groups -OCH3 is 2. The number of carbonyl (C=O) groups is 2. The van der Waals surface area contributed by atoms with Crippen LogP contribution in [0.25, 0.3) is 0 Å². The zero-order valence-electron chi connectivity index (χ0n) is 37.1. The lowest BCUT2D eigenvalue weighted by Gasteiger charge is -2.36. The van der Waals surface area contributed by atoms with Crippen LogP contribution in [-0.4, -0.2) is 152 Å². The number of piperazine rings is 2. The van der Waals surface area contributed by atoms with E-state index in [1.165, 1.54) is 12.1 Å². The molecule has 0 saturated carbocycles. The maximum Gasteiger partial charge on any atom is 0.336 e. The van der Waals surface area contributed by atoms with Crippen LogP contribution in [0, 0.1) is 16.0 Å². The molecular formula is C47H62N6O10. The fraction of sp³-hybridized carbons (Fsp3) is 0.511. The van der Waals surface area contributed by atoms with Gasteiger partial charge in [-0.1, -0.05) is 36.4 Å². The lowest BCUT2D eigenvalue weighted by Crippen LogP contribution is -2.47. The summed E-state index contributed by atoms with van der Waals surface area (Å²) in [6, 6.07) is 22.1. The number of nitro benzene ring substituents is 1. The average molecular weight is 871 g/mol. The number of anilines is 2. The smallest absolute Gasteiger partial charge is 0.336 e. The predicted octanol–water partition coefficient (Wildman–Crippen LogP) is 5.60. The third-order valence-corrected chi connectivity index (χ3v) is 11.8. The molecule has 2 fully saturated rings. The second-order valence-corrected chi connectivity index (χ2v) is 15.8. The molecule has 3 aliphatic heterocycles. The van der Waals surface area contributed by atoms with Crippen LogP contribution in [0.1, 0.15) is 38.2 Å². The summed E-state index contributed by atoms with van der Waals surface area (Å²) in [5.74, 6) is -1.36. The van der Waals surface area contributed by atoms with E-state index in [4.69, 9.17) is 28.4 Å². The molecule has 340 valence electrons. The van der Waals surface area contributed by atoms with Crippen molar-refractivity contribution in [2.24, 2.45) is 10.9 Å². The fourth-order valence-electron chi connectivity index (χ4n) is 8.42. The summed E-state index contributed by atoms with van der Waals surface area (Å²) in [4.78, 5) is 52.9. The van der Waals surface area contributed by atoms with Crippen LogP contribution in [0.5, 0.6) is 11.5 Å². The third-order valence-electron chi connectivity index (χ3n) is 11.8. The number of para-hydroxylation sites is 4. The van der Waals surface area contributed by atoms with E-state index >= 15 is 0 Å². The van der Waals surface area contributed by atoms with Crippen LogP contribution >= 0.6 is 0 Å². The maximum atomic E-state index is 13.8. The van der Waals surface area contributed by atoms with Crippen LogP contribution in [0.15, 0.2) is 89.1 Å². The Bertz CT molecular complexity index is 2050. The summed E-state index contributed by atoms with van der Waals surface area (Å²) in [6.45, 7) is 14.3. The standard InChI is InChI=1S/C47H62N6O10/c1-35-43(46(54)62-30-10-28-60-32-26-49-18-22-51(23-19-49)39-14-5-7-16-41(39)58-3)45(37-12-9-13-38(34-37)53(56)57)44(36(2)48-35)47(55)63-31-11-29-61-33-27-50-20-24-52(25-21-50)40-15-6-8-17-42(40)59-4/h5-9,12-17,34,43,45H,10-11,18-33H2,1-4H3. The quantitative estimate of drug-likeness (QED) is 0.0532. The summed E-state index contributed by atoms with van der Waals surface area (Å²) >= 11 is 0. The van der Waals surface area contributed by atoms with Crippen molar-refractivity contribution in [2.45, 2.75) is 32.6 Å². The molecule has 3 heterocycles. The molecule has 0 N–H and O–H groups in total. The van der Waals surface area contributed by atoms with Crippen molar-refractivity contribution in [3.05, 3.63) is 99.7 Å². The van der Waals surface area contributed by atoms with E-state index in [-0.39, 0.29) is 24.5 Å². The number of esters is 2. The Kier molecular flexibility index (Phi) is 17.7. The van der Waals surface area contributed by atoms with Crippen LogP contribution in [0.3, 0.4) is 0 Å². The molecule has 16 heteroatoms. The monoisotopic (exact) mass is 870 g/mol. The van der Waals surface area contributed by atoms with Gasteiger partial charge in [0, 0.05) is 121 Å². The summed E-state index contributed by atoms with van der Waals surface area (Å²) in [5, 5.41) is 11.8. The van der Waals surface area contributed by atoms with E-state index in [1.54, 1.807) is 40.2 Å². The molecule has 0 bridgehead atoms. The molecule has 16 nitrogen and oxygen atoms in total. The van der Waals surface area contributed by atoms with E-state index in [0.29, 0.717) is 56.2 Å². The van der Waals surface area contributed by atoms with Gasteiger partial charge in [-0.25, -0.2) is 4.79 Å². The summed E-state index contributed by atoms with van der Waals surface area (Å²) in [7, 11) is 3.39. The van der Waals surface area contributed by atoms with E-state index in [9.17, 15) is 19.7 Å². The number of aliphatic imine (C=N–C) groups is 1. The molecule has 6 rings (SSSR count). The van der Waals surface area contributed by atoms with Gasteiger partial charge in [0.05, 0.1) is 62.5 Å². The van der Waals surface area contributed by atoms with E-state index in [0.717, 1.165) is 88.3 Å². The molecule has 3 aromatic rings. The molecular weight excluding hydrogens is 809 g/mol. The van der Waals surface area contributed by atoms with Gasteiger partial charge in [-0.05, 0) is 43.7 Å². The van der Waals surface area contributed by atoms with Crippen molar-refractivity contribution >= 4 is 34.7 Å². The van der Waals surface area contributed by atoms with Gasteiger partial charge in [-0.15, -0.1) is 0 Å². The van der Waals surface area contributed by atoms with Crippen molar-refractivity contribution < 1.29 is 42.9 Å². The van der Waals surface area contributed by atoms with E-state index in [1.807, 2.05) is 36.4 Å². The highest BCUT2D eigenvalue weighted by Gasteiger charge is 2.43. The second-order valence-electron chi connectivity index (χ2n) is 15.8. The summed E-state index contributed by atoms with van der Waals surface area (Å²) in [6.07, 6.45) is 0.946. The Morgan fingerprint density at radius 1 is 0.683 bits per heavy atom. The van der Waals surface area contributed by atoms with Crippen LogP contribution in [-0.2, 0) is 28.5 Å². The number of non-ortho nitro benzene ring substituents is 1. The Balaban J connectivity index is 0.936. The zero-order chi connectivity index (χ0) is 44.6. The Labute approximate surface area is 370 Å². The molecule has 3 aromatic carbocycles. The molecule has 63 heavy (non-hydrogen) atoms. The van der Waals surface area contributed by atoms with Crippen LogP contribution in [0.4, 0.5) is 17.1 Å². The second kappa shape index (κ2) is 23.8. The normalized spacial score (nSPS) is 18.5.